The number of fused-ring (bicyclic) bond motifs is 2. The summed E-state index contributed by atoms with van der Waals surface area (Å²) in [7, 11) is 0. The third-order valence-electron chi connectivity index (χ3n) is 13.1. The zero-order valence-corrected chi connectivity index (χ0v) is 40.4. The van der Waals surface area contributed by atoms with Crippen LogP contribution in [0.1, 0.15) is 75.0 Å². The fourth-order valence-electron chi connectivity index (χ4n) is 9.28. The van der Waals surface area contributed by atoms with Crippen LogP contribution in [0.25, 0.3) is 0 Å². The molecule has 0 aromatic heterocycles. The van der Waals surface area contributed by atoms with Gasteiger partial charge in [-0.25, -0.2) is 0 Å². The van der Waals surface area contributed by atoms with E-state index in [2.05, 4.69) is 37.2 Å². The second-order valence-corrected chi connectivity index (χ2v) is 18.5. The lowest BCUT2D eigenvalue weighted by atomic mass is 10.0. The molecule has 3 aliphatic rings. The van der Waals surface area contributed by atoms with Gasteiger partial charge in [0.15, 0.2) is 5.96 Å². The van der Waals surface area contributed by atoms with Crippen LogP contribution in [0, 0.1) is 5.41 Å². The van der Waals surface area contributed by atoms with Crippen molar-refractivity contribution in [2.45, 2.75) is 126 Å². The van der Waals surface area contributed by atoms with Crippen molar-refractivity contribution in [3.63, 3.8) is 0 Å². The molecule has 12 N–H and O–H groups in total. The van der Waals surface area contributed by atoms with Crippen molar-refractivity contribution in [2.75, 3.05) is 19.6 Å². The molecule has 3 saturated heterocycles. The van der Waals surface area contributed by atoms with Gasteiger partial charge in [-0.15, -0.1) is 0 Å². The van der Waals surface area contributed by atoms with Gasteiger partial charge < -0.3 is 58.5 Å². The van der Waals surface area contributed by atoms with Gasteiger partial charge in [0.1, 0.15) is 48.3 Å². The molecule has 3 aliphatic heterocycles. The Kier molecular flexibility index (Phi) is 19.2. The Balaban J connectivity index is 1.38. The number of guanidine groups is 1. The number of carbonyl (C=O) groups is 9. The number of rotatable bonds is 13. The fourth-order valence-corrected chi connectivity index (χ4v) is 9.28. The maximum atomic E-state index is 14.6. The number of aryl methyl sites for hydroxylation is 1. The third kappa shape index (κ3) is 15.1. The average Bonchev–Trinajstić information content (AvgIpc) is 4.07. The predicted molar refractivity (Wildman–Crippen MR) is 265 cm³/mol. The van der Waals surface area contributed by atoms with Crippen LogP contribution in [0.2, 0.25) is 0 Å². The summed E-state index contributed by atoms with van der Waals surface area (Å²) in [5.41, 5.74) is 13.2. The molecule has 0 bridgehead atoms. The topological polar surface area (TPSA) is 320 Å². The molecule has 6 rings (SSSR count). The number of nitrogens with zero attached hydrogens (tertiary/aromatic N) is 2. The zero-order chi connectivity index (χ0) is 51.7. The normalized spacial score (nSPS) is 25.1. The van der Waals surface area contributed by atoms with Gasteiger partial charge in [-0.05, 0) is 75.0 Å². The van der Waals surface area contributed by atoms with Crippen LogP contribution < -0.4 is 48.7 Å². The lowest BCUT2D eigenvalue weighted by Gasteiger charge is -2.34. The largest absolute Gasteiger partial charge is 0.370 e. The Labute approximate surface area is 418 Å². The standard InChI is InChI=1S/C51H66N12O9/c1-31-43(65)61-39(29-34-18-9-4-10-19-34)49(71)63-27-13-22-41(63)50(72)62-26-12-21-40(62)48(70)58-35(20-11-25-55-51(53)54)44(66)59-37(28-33-16-7-3-8-17-33)47(69)57-36(24-23-32-14-5-2-6-15-32)45(67)60-38(30-42(52)64)46(68)56-31/h2-10,14-19,31,35-41H,11-13,20-30H2,1H3,(H2,52,64)(H,56,68)(H,57,69)(H,58,70)(H,59,66)(H,60,67)(H,61,65)(H4,53,54,55)/t31-,35-,36-,37-,38-,39-,40-,41+/m0/s1. The Bertz CT molecular complexity index is 2430. The van der Waals surface area contributed by atoms with Gasteiger partial charge in [-0.3, -0.25) is 48.6 Å². The first kappa shape index (κ1) is 53.5. The third-order valence-corrected chi connectivity index (χ3v) is 13.1. The second kappa shape index (κ2) is 25.9. The van der Waals surface area contributed by atoms with E-state index in [1.54, 1.807) is 72.8 Å². The monoisotopic (exact) mass is 991 g/mol. The molecule has 384 valence electrons. The number of hydrogen-bond acceptors (Lipinski definition) is 10. The summed E-state index contributed by atoms with van der Waals surface area (Å²) in [6.45, 7) is 1.91. The van der Waals surface area contributed by atoms with Crippen molar-refractivity contribution >= 4 is 59.1 Å². The molecule has 0 radical (unpaired) electrons. The molecule has 21 heteroatoms. The molecular formula is C51H66N12O9. The Morgan fingerprint density at radius 3 is 1.60 bits per heavy atom. The minimum Gasteiger partial charge on any atom is -0.370 e. The maximum Gasteiger partial charge on any atom is 0.246 e. The summed E-state index contributed by atoms with van der Waals surface area (Å²) in [5.74, 6) is -7.03. The molecule has 3 aromatic carbocycles. The van der Waals surface area contributed by atoms with Crippen LogP contribution in [0.3, 0.4) is 0 Å². The molecule has 0 spiro atoms. The average molecular weight is 991 g/mol. The van der Waals surface area contributed by atoms with Crippen LogP contribution in [-0.4, -0.2) is 137 Å². The van der Waals surface area contributed by atoms with Gasteiger partial charge in [0.05, 0.1) is 6.42 Å². The smallest absolute Gasteiger partial charge is 0.246 e. The molecule has 0 aliphatic carbocycles. The summed E-state index contributed by atoms with van der Waals surface area (Å²) >= 11 is 0. The highest BCUT2D eigenvalue weighted by Crippen LogP contribution is 2.26. The summed E-state index contributed by atoms with van der Waals surface area (Å²) in [6.07, 6.45) is 1.25. The summed E-state index contributed by atoms with van der Waals surface area (Å²) in [4.78, 5) is 130. The minimum absolute atomic E-state index is 0.00947. The Morgan fingerprint density at radius 2 is 1.01 bits per heavy atom. The molecular weight excluding hydrogens is 925 g/mol. The van der Waals surface area contributed by atoms with E-state index in [0.717, 1.165) is 5.56 Å². The van der Waals surface area contributed by atoms with E-state index in [0.29, 0.717) is 24.0 Å². The van der Waals surface area contributed by atoms with Crippen molar-refractivity contribution in [1.82, 2.24) is 47.0 Å². The molecule has 72 heavy (non-hydrogen) atoms. The van der Waals surface area contributed by atoms with Gasteiger partial charge >= 0.3 is 0 Å². The molecule has 9 amide bonds. The van der Waals surface area contributed by atoms with E-state index in [1.165, 1.54) is 16.7 Å². The van der Waals surface area contributed by atoms with Gasteiger partial charge in [0, 0.05) is 32.5 Å². The van der Waals surface area contributed by atoms with Crippen molar-refractivity contribution in [3.05, 3.63) is 108 Å². The number of hydrogen-bond donors (Lipinski definition) is 10. The van der Waals surface area contributed by atoms with Crippen LogP contribution in [0.5, 0.6) is 0 Å². The predicted octanol–water partition coefficient (Wildman–Crippen LogP) is -0.832. The lowest BCUT2D eigenvalue weighted by molar-refractivity contribution is -0.148. The van der Waals surface area contributed by atoms with Crippen LogP contribution >= 0.6 is 0 Å². The van der Waals surface area contributed by atoms with Gasteiger partial charge in [0.25, 0.3) is 0 Å². The first-order chi connectivity index (χ1) is 34.6. The van der Waals surface area contributed by atoms with Gasteiger partial charge in [-0.1, -0.05) is 91.0 Å². The van der Waals surface area contributed by atoms with Gasteiger partial charge in [-0.2, -0.15) is 0 Å². The Morgan fingerprint density at radius 1 is 0.556 bits per heavy atom. The molecule has 3 fully saturated rings. The summed E-state index contributed by atoms with van der Waals surface area (Å²) in [5, 5.41) is 26.5. The zero-order valence-electron chi connectivity index (χ0n) is 40.4. The summed E-state index contributed by atoms with van der Waals surface area (Å²) in [6, 6.07) is 16.7. The molecule has 3 heterocycles. The van der Waals surface area contributed by atoms with Crippen molar-refractivity contribution in [3.8, 4) is 0 Å². The van der Waals surface area contributed by atoms with E-state index < -0.39 is 108 Å². The van der Waals surface area contributed by atoms with Crippen molar-refractivity contribution in [2.24, 2.45) is 11.5 Å². The maximum absolute atomic E-state index is 14.6. The number of primary amides is 1. The number of benzene rings is 3. The van der Waals surface area contributed by atoms with E-state index >= 15 is 0 Å². The minimum atomic E-state index is -1.62. The highest BCUT2D eigenvalue weighted by molar-refractivity contribution is 6.00. The second-order valence-electron chi connectivity index (χ2n) is 18.5. The van der Waals surface area contributed by atoms with E-state index in [4.69, 9.17) is 16.9 Å². The highest BCUT2D eigenvalue weighted by atomic mass is 16.2. The molecule has 8 atom stereocenters. The molecule has 21 nitrogen and oxygen atoms in total. The van der Waals surface area contributed by atoms with Crippen LogP contribution in [-0.2, 0) is 62.4 Å². The summed E-state index contributed by atoms with van der Waals surface area (Å²) < 4.78 is 0. The number of amides is 9. The number of carbonyl (C=O) groups excluding carboxylic acids is 9. The first-order valence-corrected chi connectivity index (χ1v) is 24.5. The van der Waals surface area contributed by atoms with Crippen LogP contribution in [0.15, 0.2) is 91.0 Å². The van der Waals surface area contributed by atoms with Gasteiger partial charge in [0.2, 0.25) is 53.2 Å². The SMILES string of the molecule is C[C@@H]1NC(=O)[C@H](CC(N)=O)NC(=O)[C@H](CCc2ccccc2)NC(=O)[C@H](Cc2ccccc2)NC(=O)[C@H](CCCNC(=N)N)NC(=O)[C@@H]2CCCN2C(=O)[C@H]2CCCN2C(=O)[C@H](Cc2ccccc2)NC1=O. The van der Waals surface area contributed by atoms with Crippen LogP contribution in [0.4, 0.5) is 0 Å². The van der Waals surface area contributed by atoms with E-state index in [9.17, 15) is 43.2 Å². The van der Waals surface area contributed by atoms with E-state index in [-0.39, 0.29) is 77.0 Å². The molecule has 3 aromatic rings. The van der Waals surface area contributed by atoms with Crippen molar-refractivity contribution in [1.29, 1.82) is 5.41 Å². The number of nitrogens with two attached hydrogens (primary N) is 2. The van der Waals surface area contributed by atoms with Crippen molar-refractivity contribution < 1.29 is 43.2 Å². The lowest BCUT2D eigenvalue weighted by Crippen LogP contribution is -2.61. The Hall–Kier alpha value is -7.84. The highest BCUT2D eigenvalue weighted by Gasteiger charge is 2.44. The van der Waals surface area contributed by atoms with E-state index in [1.807, 2.05) is 18.2 Å². The first-order valence-electron chi connectivity index (χ1n) is 24.5. The fraction of sp³-hybridized carbons (Fsp3) is 0.451. The quantitative estimate of drug-likeness (QED) is 0.0573. The molecule has 0 unspecified atom stereocenters. The molecule has 0 saturated carbocycles. The number of nitrogens with one attached hydrogen (secondary N) is 8.